The third-order valence-electron chi connectivity index (χ3n) is 2.70. The average Bonchev–Trinajstić information content (AvgIpc) is 2.44. The molecule has 1 rings (SSSR count). The Kier molecular flexibility index (Phi) is 7.66. The second kappa shape index (κ2) is 8.99. The molecule has 0 aliphatic heterocycles. The third-order valence-corrected chi connectivity index (χ3v) is 4.31. The number of benzene rings is 1. The van der Waals surface area contributed by atoms with E-state index in [4.69, 9.17) is 9.47 Å². The van der Waals surface area contributed by atoms with Crippen molar-refractivity contribution in [2.45, 2.75) is 24.8 Å². The first-order chi connectivity index (χ1) is 9.99. The van der Waals surface area contributed by atoms with Gasteiger partial charge >= 0.3 is 0 Å². The van der Waals surface area contributed by atoms with Crippen molar-refractivity contribution in [3.05, 3.63) is 24.3 Å². The van der Waals surface area contributed by atoms with Gasteiger partial charge in [0.15, 0.2) is 0 Å². The Morgan fingerprint density at radius 1 is 1.24 bits per heavy atom. The molecule has 6 nitrogen and oxygen atoms in total. The fourth-order valence-electron chi connectivity index (χ4n) is 1.75. The molecule has 1 atom stereocenters. The number of nitrogens with one attached hydrogen (secondary N) is 2. The topological polar surface area (TPSA) is 76.7 Å². The molecule has 0 aliphatic carbocycles. The summed E-state index contributed by atoms with van der Waals surface area (Å²) in [6.45, 7) is 6.29. The van der Waals surface area contributed by atoms with Gasteiger partial charge in [0.25, 0.3) is 0 Å². The molecule has 0 spiro atoms. The van der Waals surface area contributed by atoms with E-state index in [1.54, 1.807) is 19.1 Å². The van der Waals surface area contributed by atoms with Gasteiger partial charge in [-0.15, -0.1) is 0 Å². The maximum absolute atomic E-state index is 12.1. The molecule has 1 unspecified atom stereocenters. The van der Waals surface area contributed by atoms with Crippen LogP contribution in [0.4, 0.5) is 0 Å². The number of ether oxygens (including phenoxy) is 2. The molecular formula is C14H24N2O4S. The summed E-state index contributed by atoms with van der Waals surface area (Å²) < 4.78 is 37.2. The molecule has 1 aromatic carbocycles. The van der Waals surface area contributed by atoms with E-state index in [-0.39, 0.29) is 10.9 Å². The Bertz CT molecular complexity index is 502. The average molecular weight is 316 g/mol. The maximum atomic E-state index is 12.1. The number of methoxy groups -OCH3 is 1. The van der Waals surface area contributed by atoms with E-state index < -0.39 is 10.0 Å². The highest BCUT2D eigenvalue weighted by Gasteiger charge is 2.17. The number of hydrogen-bond acceptors (Lipinski definition) is 5. The van der Waals surface area contributed by atoms with Crippen LogP contribution < -0.4 is 14.8 Å². The van der Waals surface area contributed by atoms with Crippen molar-refractivity contribution in [3.8, 4) is 5.75 Å². The lowest BCUT2D eigenvalue weighted by atomic mass is 10.3. The lowest BCUT2D eigenvalue weighted by Crippen LogP contribution is -2.35. The van der Waals surface area contributed by atoms with Crippen molar-refractivity contribution >= 4 is 10.0 Å². The van der Waals surface area contributed by atoms with Gasteiger partial charge in [-0.1, -0.05) is 6.92 Å². The Morgan fingerprint density at radius 2 is 1.90 bits per heavy atom. The molecule has 0 saturated heterocycles. The minimum absolute atomic E-state index is 0.212. The lowest BCUT2D eigenvalue weighted by Gasteiger charge is -2.13. The first kappa shape index (κ1) is 17.9. The molecule has 2 N–H and O–H groups in total. The Balaban J connectivity index is 2.59. The van der Waals surface area contributed by atoms with Crippen LogP contribution in [-0.4, -0.2) is 47.9 Å². The van der Waals surface area contributed by atoms with Crippen molar-refractivity contribution in [2.24, 2.45) is 0 Å². The van der Waals surface area contributed by atoms with Gasteiger partial charge in [0.1, 0.15) is 12.4 Å². The predicted molar refractivity (Wildman–Crippen MR) is 82.1 cm³/mol. The second-order valence-corrected chi connectivity index (χ2v) is 6.37. The van der Waals surface area contributed by atoms with Gasteiger partial charge in [0, 0.05) is 19.7 Å². The van der Waals surface area contributed by atoms with Crippen molar-refractivity contribution in [1.29, 1.82) is 0 Å². The second-order valence-electron chi connectivity index (χ2n) is 4.65. The van der Waals surface area contributed by atoms with E-state index in [2.05, 4.69) is 10.0 Å². The van der Waals surface area contributed by atoms with Crippen LogP contribution in [0.25, 0.3) is 0 Å². The smallest absolute Gasteiger partial charge is 0.240 e. The van der Waals surface area contributed by atoms with E-state index >= 15 is 0 Å². The quantitative estimate of drug-likeness (QED) is 0.630. The van der Waals surface area contributed by atoms with Crippen molar-refractivity contribution in [2.75, 3.05) is 33.4 Å². The van der Waals surface area contributed by atoms with Crippen molar-refractivity contribution < 1.29 is 17.9 Å². The monoisotopic (exact) mass is 316 g/mol. The Labute approximate surface area is 126 Å². The summed E-state index contributed by atoms with van der Waals surface area (Å²) in [6, 6.07) is 6.09. The van der Waals surface area contributed by atoms with Crippen LogP contribution in [0, 0.1) is 0 Å². The zero-order chi connectivity index (χ0) is 15.7. The summed E-state index contributed by atoms with van der Waals surface area (Å²) in [6.07, 6.45) is 0. The van der Waals surface area contributed by atoms with Gasteiger partial charge in [0.05, 0.1) is 11.5 Å². The van der Waals surface area contributed by atoms with E-state index in [0.29, 0.717) is 19.0 Å². The van der Waals surface area contributed by atoms with E-state index in [9.17, 15) is 8.42 Å². The fourth-order valence-corrected chi connectivity index (χ4v) is 2.98. The molecule has 7 heteroatoms. The highest BCUT2D eigenvalue weighted by molar-refractivity contribution is 7.89. The van der Waals surface area contributed by atoms with Crippen LogP contribution in [0.1, 0.15) is 13.8 Å². The molecule has 0 saturated carbocycles. The van der Waals surface area contributed by atoms with Crippen LogP contribution in [0.15, 0.2) is 29.2 Å². The number of hydrogen-bond donors (Lipinski definition) is 2. The molecule has 0 radical (unpaired) electrons. The van der Waals surface area contributed by atoms with Crippen LogP contribution in [-0.2, 0) is 14.8 Å². The zero-order valence-corrected chi connectivity index (χ0v) is 13.6. The van der Waals surface area contributed by atoms with Crippen LogP contribution >= 0.6 is 0 Å². The highest BCUT2D eigenvalue weighted by atomic mass is 32.2. The summed E-state index contributed by atoms with van der Waals surface area (Å²) in [5.74, 6) is 0.650. The molecule has 0 heterocycles. The van der Waals surface area contributed by atoms with Gasteiger partial charge in [-0.2, -0.15) is 0 Å². The Hall–Kier alpha value is -1.15. The number of sulfonamides is 1. The van der Waals surface area contributed by atoms with Gasteiger partial charge in [-0.05, 0) is 37.7 Å². The van der Waals surface area contributed by atoms with Crippen LogP contribution in [0.3, 0.4) is 0 Å². The van der Waals surface area contributed by atoms with Crippen LogP contribution in [0.2, 0.25) is 0 Å². The molecule has 21 heavy (non-hydrogen) atoms. The molecule has 0 amide bonds. The SMILES string of the molecule is CCNCCOc1ccc(S(=O)(=O)NC(C)COC)cc1. The summed E-state index contributed by atoms with van der Waals surface area (Å²) in [5, 5.41) is 3.14. The number of likely N-dealkylation sites (N-methyl/N-ethyl adjacent to an activating group) is 1. The molecule has 120 valence electrons. The van der Waals surface area contributed by atoms with E-state index in [0.717, 1.165) is 13.1 Å². The summed E-state index contributed by atoms with van der Waals surface area (Å²) in [5.41, 5.74) is 0. The third kappa shape index (κ3) is 6.43. The minimum atomic E-state index is -3.53. The number of rotatable bonds is 10. The van der Waals surface area contributed by atoms with E-state index in [1.165, 1.54) is 19.2 Å². The van der Waals surface area contributed by atoms with Gasteiger partial charge in [0.2, 0.25) is 10.0 Å². The highest BCUT2D eigenvalue weighted by Crippen LogP contribution is 2.16. The molecule has 0 fully saturated rings. The van der Waals surface area contributed by atoms with Gasteiger partial charge in [-0.25, -0.2) is 13.1 Å². The molecule has 0 bridgehead atoms. The zero-order valence-electron chi connectivity index (χ0n) is 12.8. The van der Waals surface area contributed by atoms with Crippen molar-refractivity contribution in [1.82, 2.24) is 10.0 Å². The normalized spacial score (nSPS) is 13.1. The van der Waals surface area contributed by atoms with Gasteiger partial charge < -0.3 is 14.8 Å². The molecular weight excluding hydrogens is 292 g/mol. The van der Waals surface area contributed by atoms with Gasteiger partial charge in [-0.3, -0.25) is 0 Å². The standard InChI is InChI=1S/C14H24N2O4S/c1-4-15-9-10-20-13-5-7-14(8-6-13)21(17,18)16-12(2)11-19-3/h5-8,12,15-16H,4,9-11H2,1-3H3. The fraction of sp³-hybridized carbons (Fsp3) is 0.571. The molecule has 0 aliphatic rings. The summed E-state index contributed by atoms with van der Waals surface area (Å²) >= 11 is 0. The first-order valence-corrected chi connectivity index (χ1v) is 8.42. The van der Waals surface area contributed by atoms with Crippen molar-refractivity contribution in [3.63, 3.8) is 0 Å². The van der Waals surface area contributed by atoms with E-state index in [1.807, 2.05) is 6.92 Å². The van der Waals surface area contributed by atoms with Crippen LogP contribution in [0.5, 0.6) is 5.75 Å². The largest absolute Gasteiger partial charge is 0.492 e. The minimum Gasteiger partial charge on any atom is -0.492 e. The summed E-state index contributed by atoms with van der Waals surface area (Å²) in [4.78, 5) is 0.212. The summed E-state index contributed by atoms with van der Waals surface area (Å²) in [7, 11) is -1.99. The predicted octanol–water partition coefficient (Wildman–Crippen LogP) is 0.988. The maximum Gasteiger partial charge on any atom is 0.240 e. The molecule has 1 aromatic rings. The lowest BCUT2D eigenvalue weighted by molar-refractivity contribution is 0.180. The first-order valence-electron chi connectivity index (χ1n) is 6.94. The Morgan fingerprint density at radius 3 is 2.48 bits per heavy atom. The molecule has 0 aromatic heterocycles.